The minimum absolute atomic E-state index is 0.0659. The third kappa shape index (κ3) is 3.33. The highest BCUT2D eigenvalue weighted by atomic mass is 16.4. The lowest BCUT2D eigenvalue weighted by Gasteiger charge is -2.32. The highest BCUT2D eigenvalue weighted by Gasteiger charge is 2.41. The predicted octanol–water partition coefficient (Wildman–Crippen LogP) is 1.45. The van der Waals surface area contributed by atoms with E-state index in [9.17, 15) is 14.7 Å². The van der Waals surface area contributed by atoms with Crippen LogP contribution in [-0.4, -0.2) is 27.2 Å². The lowest BCUT2D eigenvalue weighted by molar-refractivity contribution is -0.154. The summed E-state index contributed by atoms with van der Waals surface area (Å²) in [6.07, 6.45) is 5.71. The Morgan fingerprint density at radius 1 is 1.37 bits per heavy atom. The Morgan fingerprint density at radius 2 is 2.11 bits per heavy atom. The highest BCUT2D eigenvalue weighted by molar-refractivity contribution is 5.85. The summed E-state index contributed by atoms with van der Waals surface area (Å²) in [6.45, 7) is 0.356. The lowest BCUT2D eigenvalue weighted by atomic mass is 9.71. The zero-order chi connectivity index (χ0) is 13.7. The minimum atomic E-state index is -0.865. The van der Waals surface area contributed by atoms with Gasteiger partial charge in [0.15, 0.2) is 0 Å². The summed E-state index contributed by atoms with van der Waals surface area (Å²) in [5, 5.41) is 18.7. The number of aromatic nitrogens is 2. The maximum Gasteiger partial charge on any atom is 0.310 e. The van der Waals surface area contributed by atoms with Crippen LogP contribution in [0.1, 0.15) is 44.2 Å². The van der Waals surface area contributed by atoms with E-state index < -0.39 is 11.4 Å². The molecule has 1 amide bonds. The zero-order valence-electron chi connectivity index (χ0n) is 10.8. The van der Waals surface area contributed by atoms with Gasteiger partial charge in [0.1, 0.15) is 0 Å². The van der Waals surface area contributed by atoms with Crippen molar-refractivity contribution in [1.29, 1.82) is 0 Å². The Hall–Kier alpha value is -1.85. The van der Waals surface area contributed by atoms with Gasteiger partial charge in [-0.2, -0.15) is 5.10 Å². The minimum Gasteiger partial charge on any atom is -0.481 e. The Bertz CT molecular complexity index is 436. The van der Waals surface area contributed by atoms with E-state index in [2.05, 4.69) is 15.5 Å². The Labute approximate surface area is 111 Å². The number of carbonyl (C=O) groups is 2. The first-order valence-corrected chi connectivity index (χ1v) is 6.61. The number of rotatable bonds is 5. The second-order valence-corrected chi connectivity index (χ2v) is 5.18. The molecule has 0 bridgehead atoms. The first-order valence-electron chi connectivity index (χ1n) is 6.61. The van der Waals surface area contributed by atoms with E-state index in [1.807, 2.05) is 0 Å². The Balaban J connectivity index is 1.90. The average Bonchev–Trinajstić information content (AvgIpc) is 2.90. The number of hydrogen-bond donors (Lipinski definition) is 3. The molecule has 0 radical (unpaired) electrons. The topological polar surface area (TPSA) is 95.1 Å². The summed E-state index contributed by atoms with van der Waals surface area (Å²) in [5.74, 6) is -1.05. The van der Waals surface area contributed by atoms with Crippen LogP contribution in [-0.2, 0) is 16.1 Å². The number of carboxylic acids is 1. The molecule has 0 unspecified atom stereocenters. The van der Waals surface area contributed by atoms with Gasteiger partial charge in [0.25, 0.3) is 0 Å². The number of aromatic amines is 1. The number of amides is 1. The molecular formula is C13H19N3O3. The van der Waals surface area contributed by atoms with Crippen molar-refractivity contribution in [1.82, 2.24) is 15.5 Å². The van der Waals surface area contributed by atoms with Crippen molar-refractivity contribution in [2.24, 2.45) is 5.41 Å². The molecule has 0 atom stereocenters. The van der Waals surface area contributed by atoms with Crippen LogP contribution in [0.15, 0.2) is 12.3 Å². The quantitative estimate of drug-likeness (QED) is 0.751. The molecule has 0 aromatic carbocycles. The standard InChI is InChI=1S/C13H19N3O3/c17-11(14-9-10-4-7-15-16-10)8-13(12(18)19)5-2-1-3-6-13/h4,7H,1-3,5-6,8-9H2,(H,14,17)(H,15,16)(H,18,19). The van der Waals surface area contributed by atoms with Crippen molar-refractivity contribution in [2.45, 2.75) is 45.1 Å². The Kier molecular flexibility index (Phi) is 4.19. The molecule has 1 aliphatic carbocycles. The van der Waals surface area contributed by atoms with E-state index in [4.69, 9.17) is 0 Å². The van der Waals surface area contributed by atoms with Crippen LogP contribution in [0, 0.1) is 5.41 Å². The van der Waals surface area contributed by atoms with Crippen LogP contribution in [0.25, 0.3) is 0 Å². The molecule has 1 aromatic rings. The van der Waals surface area contributed by atoms with Crippen molar-refractivity contribution in [2.75, 3.05) is 0 Å². The van der Waals surface area contributed by atoms with Crippen LogP contribution in [0.5, 0.6) is 0 Å². The summed E-state index contributed by atoms with van der Waals surface area (Å²) in [5.41, 5.74) is -0.0579. The van der Waals surface area contributed by atoms with E-state index in [1.165, 1.54) is 0 Å². The number of carboxylic acid groups (broad SMARTS) is 1. The fraction of sp³-hybridized carbons (Fsp3) is 0.615. The van der Waals surface area contributed by atoms with Crippen molar-refractivity contribution < 1.29 is 14.7 Å². The molecule has 1 heterocycles. The van der Waals surface area contributed by atoms with Crippen LogP contribution in [0.2, 0.25) is 0 Å². The van der Waals surface area contributed by atoms with Gasteiger partial charge in [-0.25, -0.2) is 0 Å². The van der Waals surface area contributed by atoms with Crippen LogP contribution >= 0.6 is 0 Å². The molecule has 0 aliphatic heterocycles. The molecule has 3 N–H and O–H groups in total. The number of carbonyl (C=O) groups excluding carboxylic acids is 1. The largest absolute Gasteiger partial charge is 0.481 e. The molecule has 19 heavy (non-hydrogen) atoms. The maximum atomic E-state index is 11.9. The van der Waals surface area contributed by atoms with Gasteiger partial charge in [0, 0.05) is 12.6 Å². The van der Waals surface area contributed by atoms with Gasteiger partial charge >= 0.3 is 5.97 Å². The lowest BCUT2D eigenvalue weighted by Crippen LogP contribution is -2.39. The van der Waals surface area contributed by atoms with E-state index in [0.29, 0.717) is 19.4 Å². The molecule has 104 valence electrons. The van der Waals surface area contributed by atoms with Gasteiger partial charge in [-0.1, -0.05) is 19.3 Å². The van der Waals surface area contributed by atoms with Gasteiger partial charge in [-0.05, 0) is 18.9 Å². The molecule has 1 aliphatic rings. The molecule has 1 aromatic heterocycles. The number of nitrogens with zero attached hydrogens (tertiary/aromatic N) is 1. The molecule has 1 saturated carbocycles. The second kappa shape index (κ2) is 5.86. The Morgan fingerprint density at radius 3 is 2.68 bits per heavy atom. The monoisotopic (exact) mass is 265 g/mol. The van der Waals surface area contributed by atoms with Crippen LogP contribution < -0.4 is 5.32 Å². The SMILES string of the molecule is O=C(CC1(C(=O)O)CCCCC1)NCc1ccn[nH]1. The van der Waals surface area contributed by atoms with Crippen molar-refractivity contribution in [3.05, 3.63) is 18.0 Å². The number of aliphatic carboxylic acids is 1. The second-order valence-electron chi connectivity index (χ2n) is 5.18. The van der Waals surface area contributed by atoms with E-state index >= 15 is 0 Å². The molecular weight excluding hydrogens is 246 g/mol. The molecule has 6 nitrogen and oxygen atoms in total. The number of hydrogen-bond acceptors (Lipinski definition) is 3. The fourth-order valence-corrected chi connectivity index (χ4v) is 2.64. The normalized spacial score (nSPS) is 17.9. The molecule has 0 saturated heterocycles. The first-order chi connectivity index (χ1) is 9.12. The van der Waals surface area contributed by atoms with E-state index in [-0.39, 0.29) is 12.3 Å². The van der Waals surface area contributed by atoms with Gasteiger partial charge in [-0.3, -0.25) is 14.7 Å². The van der Waals surface area contributed by atoms with E-state index in [1.54, 1.807) is 12.3 Å². The maximum absolute atomic E-state index is 11.9. The summed E-state index contributed by atoms with van der Waals surface area (Å²) < 4.78 is 0. The van der Waals surface area contributed by atoms with Gasteiger partial charge < -0.3 is 10.4 Å². The van der Waals surface area contributed by atoms with Crippen LogP contribution in [0.4, 0.5) is 0 Å². The van der Waals surface area contributed by atoms with Crippen molar-refractivity contribution in [3.63, 3.8) is 0 Å². The summed E-state index contributed by atoms with van der Waals surface area (Å²) in [4.78, 5) is 23.4. The smallest absolute Gasteiger partial charge is 0.310 e. The van der Waals surface area contributed by atoms with Gasteiger partial charge in [-0.15, -0.1) is 0 Å². The molecule has 1 fully saturated rings. The van der Waals surface area contributed by atoms with Crippen molar-refractivity contribution >= 4 is 11.9 Å². The number of H-pyrrole nitrogens is 1. The van der Waals surface area contributed by atoms with Crippen LogP contribution in [0.3, 0.4) is 0 Å². The third-order valence-corrected chi connectivity index (χ3v) is 3.80. The molecule has 6 heteroatoms. The van der Waals surface area contributed by atoms with Gasteiger partial charge in [0.05, 0.1) is 17.7 Å². The zero-order valence-corrected chi connectivity index (χ0v) is 10.8. The summed E-state index contributed by atoms with van der Waals surface area (Å²) >= 11 is 0. The van der Waals surface area contributed by atoms with E-state index in [0.717, 1.165) is 25.0 Å². The first kappa shape index (κ1) is 13.6. The number of nitrogens with one attached hydrogen (secondary N) is 2. The van der Waals surface area contributed by atoms with Crippen molar-refractivity contribution in [3.8, 4) is 0 Å². The summed E-state index contributed by atoms with van der Waals surface area (Å²) in [7, 11) is 0. The average molecular weight is 265 g/mol. The van der Waals surface area contributed by atoms with Gasteiger partial charge in [0.2, 0.25) is 5.91 Å². The molecule has 0 spiro atoms. The highest BCUT2D eigenvalue weighted by Crippen LogP contribution is 2.39. The molecule has 2 rings (SSSR count). The summed E-state index contributed by atoms with van der Waals surface area (Å²) in [6, 6.07) is 1.77. The third-order valence-electron chi connectivity index (χ3n) is 3.80. The fourth-order valence-electron chi connectivity index (χ4n) is 2.64. The predicted molar refractivity (Wildman–Crippen MR) is 68.2 cm³/mol.